The summed E-state index contributed by atoms with van der Waals surface area (Å²) in [5.74, 6) is -2.10. The second-order valence-electron chi connectivity index (χ2n) is 12.1. The molecule has 10 heteroatoms. The normalized spacial score (nSPS) is 12.3. The first-order valence-electron chi connectivity index (χ1n) is 17.1. The van der Waals surface area contributed by atoms with Gasteiger partial charge in [0.1, 0.15) is 0 Å². The number of carbonyl (C=O) groups excluding carboxylic acids is 2. The number of hydrogen-bond donors (Lipinski definition) is 0. The minimum Gasteiger partial charge on any atom is -0.462 e. The van der Waals surface area contributed by atoms with Crippen molar-refractivity contribution in [1.82, 2.24) is 0 Å². The molecule has 47 heavy (non-hydrogen) atoms. The SMILES string of the molecule is CCCCCCCCCCOC(=O)c1ccc(C(c2ccccc2C(=O)OCCCCCCCCCC)(C(F)(F)F)C(F)(F)F)cc1. The monoisotopic (exact) mass is 672 g/mol. The van der Waals surface area contributed by atoms with Crippen LogP contribution >= 0.6 is 0 Å². The van der Waals surface area contributed by atoms with Crippen molar-refractivity contribution in [2.75, 3.05) is 13.2 Å². The maximum absolute atomic E-state index is 14.8. The van der Waals surface area contributed by atoms with Crippen LogP contribution in [0.15, 0.2) is 48.5 Å². The van der Waals surface area contributed by atoms with E-state index in [9.17, 15) is 35.9 Å². The van der Waals surface area contributed by atoms with Gasteiger partial charge in [0.25, 0.3) is 0 Å². The third-order valence-corrected chi connectivity index (χ3v) is 8.42. The van der Waals surface area contributed by atoms with Gasteiger partial charge in [0.2, 0.25) is 5.41 Å². The third kappa shape index (κ3) is 11.9. The Morgan fingerprint density at radius 1 is 0.532 bits per heavy atom. The van der Waals surface area contributed by atoms with Gasteiger partial charge in [0.15, 0.2) is 0 Å². The van der Waals surface area contributed by atoms with E-state index in [1.165, 1.54) is 18.9 Å². The van der Waals surface area contributed by atoms with E-state index in [1.807, 2.05) is 0 Å². The second-order valence-corrected chi connectivity index (χ2v) is 12.1. The molecular weight excluding hydrogens is 622 g/mol. The Labute approximate surface area is 275 Å². The van der Waals surface area contributed by atoms with Crippen LogP contribution in [0.5, 0.6) is 0 Å². The van der Waals surface area contributed by atoms with Crippen molar-refractivity contribution in [3.05, 3.63) is 70.8 Å². The van der Waals surface area contributed by atoms with Crippen molar-refractivity contribution in [1.29, 1.82) is 0 Å². The highest BCUT2D eigenvalue weighted by Gasteiger charge is 2.73. The summed E-state index contributed by atoms with van der Waals surface area (Å²) in [6.45, 7) is 4.23. The second kappa shape index (κ2) is 20.4. The minimum atomic E-state index is -5.90. The van der Waals surface area contributed by atoms with E-state index >= 15 is 0 Å². The number of unbranched alkanes of at least 4 members (excludes halogenated alkanes) is 14. The van der Waals surface area contributed by atoms with Gasteiger partial charge in [-0.2, -0.15) is 26.3 Å². The van der Waals surface area contributed by atoms with Crippen LogP contribution in [-0.2, 0) is 14.9 Å². The van der Waals surface area contributed by atoms with E-state index in [0.717, 1.165) is 101 Å². The molecule has 0 aliphatic rings. The van der Waals surface area contributed by atoms with Gasteiger partial charge in [-0.1, -0.05) is 134 Å². The average Bonchev–Trinajstić information content (AvgIpc) is 3.02. The Balaban J connectivity index is 2.19. The first-order chi connectivity index (χ1) is 22.4. The van der Waals surface area contributed by atoms with Gasteiger partial charge in [-0.3, -0.25) is 0 Å². The minimum absolute atomic E-state index is 0.0963. The van der Waals surface area contributed by atoms with Crippen molar-refractivity contribution in [3.8, 4) is 0 Å². The molecule has 0 fully saturated rings. The number of halogens is 6. The molecule has 0 heterocycles. The molecule has 2 aromatic carbocycles. The number of alkyl halides is 6. The van der Waals surface area contributed by atoms with Crippen LogP contribution in [0.4, 0.5) is 26.3 Å². The molecule has 0 amide bonds. The molecule has 4 nitrogen and oxygen atoms in total. The van der Waals surface area contributed by atoms with Gasteiger partial charge in [0.05, 0.1) is 24.3 Å². The lowest BCUT2D eigenvalue weighted by molar-refractivity contribution is -0.288. The van der Waals surface area contributed by atoms with Gasteiger partial charge < -0.3 is 9.47 Å². The topological polar surface area (TPSA) is 52.6 Å². The fourth-order valence-corrected chi connectivity index (χ4v) is 5.76. The largest absolute Gasteiger partial charge is 0.462 e. The number of benzene rings is 2. The Bertz CT molecular complexity index is 1180. The molecule has 0 atom stereocenters. The van der Waals surface area contributed by atoms with Gasteiger partial charge in [-0.05, 0) is 42.2 Å². The predicted molar refractivity (Wildman–Crippen MR) is 172 cm³/mol. The number of esters is 2. The zero-order valence-electron chi connectivity index (χ0n) is 27.7. The molecular formula is C37H50F6O4. The van der Waals surface area contributed by atoms with E-state index in [2.05, 4.69) is 13.8 Å². The lowest BCUT2D eigenvalue weighted by atomic mass is 9.71. The summed E-state index contributed by atoms with van der Waals surface area (Å²) in [6, 6.07) is 6.80. The van der Waals surface area contributed by atoms with Crippen LogP contribution in [0.1, 0.15) is 148 Å². The van der Waals surface area contributed by atoms with Crippen molar-refractivity contribution in [2.45, 2.75) is 134 Å². The van der Waals surface area contributed by atoms with Crippen LogP contribution in [0, 0.1) is 0 Å². The highest BCUT2D eigenvalue weighted by molar-refractivity contribution is 5.92. The van der Waals surface area contributed by atoms with Gasteiger partial charge in [0, 0.05) is 0 Å². The lowest BCUT2D eigenvalue weighted by Gasteiger charge is -2.39. The Kier molecular flexibility index (Phi) is 17.4. The lowest BCUT2D eigenvalue weighted by Crippen LogP contribution is -2.55. The fourth-order valence-electron chi connectivity index (χ4n) is 5.76. The van der Waals surface area contributed by atoms with Crippen LogP contribution in [0.25, 0.3) is 0 Å². The zero-order valence-corrected chi connectivity index (χ0v) is 27.7. The van der Waals surface area contributed by atoms with Crippen molar-refractivity contribution in [2.24, 2.45) is 0 Å². The molecule has 0 aliphatic carbocycles. The maximum Gasteiger partial charge on any atom is 0.411 e. The Hall–Kier alpha value is -3.04. The standard InChI is InChI=1S/C37H50F6O4/c1-3-5-7-9-11-13-15-19-27-46-33(44)29-23-25-30(26-24-29)35(36(38,39)40,37(41,42)43)32-22-18-17-21-31(32)34(45)47-28-20-16-14-12-10-8-6-4-2/h17-18,21-26H,3-16,19-20,27-28H2,1-2H3. The van der Waals surface area contributed by atoms with E-state index in [1.54, 1.807) is 0 Å². The van der Waals surface area contributed by atoms with Crippen LogP contribution in [-0.4, -0.2) is 37.5 Å². The number of hydrogen-bond acceptors (Lipinski definition) is 4. The highest BCUT2D eigenvalue weighted by Crippen LogP contribution is 2.57. The maximum atomic E-state index is 14.8. The number of ether oxygens (including phenoxy) is 2. The summed E-state index contributed by atoms with van der Waals surface area (Å²) in [4.78, 5) is 25.5. The van der Waals surface area contributed by atoms with Gasteiger partial charge in [-0.25, -0.2) is 9.59 Å². The summed E-state index contributed by atoms with van der Waals surface area (Å²) < 4.78 is 99.4. The third-order valence-electron chi connectivity index (χ3n) is 8.42. The highest BCUT2D eigenvalue weighted by atomic mass is 19.4. The molecule has 0 saturated carbocycles. The first-order valence-corrected chi connectivity index (χ1v) is 17.1. The molecule has 2 aromatic rings. The van der Waals surface area contributed by atoms with Crippen LogP contribution in [0.2, 0.25) is 0 Å². The molecule has 0 radical (unpaired) electrons. The average molecular weight is 673 g/mol. The molecule has 264 valence electrons. The van der Waals surface area contributed by atoms with Crippen LogP contribution < -0.4 is 0 Å². The summed E-state index contributed by atoms with van der Waals surface area (Å²) in [7, 11) is 0. The molecule has 2 rings (SSSR count). The molecule has 0 unspecified atom stereocenters. The Morgan fingerprint density at radius 2 is 0.936 bits per heavy atom. The van der Waals surface area contributed by atoms with E-state index in [-0.39, 0.29) is 18.8 Å². The molecule has 0 N–H and O–H groups in total. The fraction of sp³-hybridized carbons (Fsp3) is 0.622. The first kappa shape index (κ1) is 40.1. The molecule has 0 aromatic heterocycles. The summed E-state index contributed by atoms with van der Waals surface area (Å²) in [5.41, 5.74) is -8.03. The van der Waals surface area contributed by atoms with E-state index in [0.29, 0.717) is 31.0 Å². The Morgan fingerprint density at radius 3 is 1.38 bits per heavy atom. The molecule has 0 spiro atoms. The summed E-state index contributed by atoms with van der Waals surface area (Å²) in [5, 5.41) is 0. The molecule has 0 saturated heterocycles. The quantitative estimate of drug-likeness (QED) is 0.0710. The number of rotatable bonds is 22. The smallest absolute Gasteiger partial charge is 0.411 e. The van der Waals surface area contributed by atoms with E-state index < -0.39 is 46.4 Å². The molecule has 0 bridgehead atoms. The predicted octanol–water partition coefficient (Wildman–Crippen LogP) is 11.7. The summed E-state index contributed by atoms with van der Waals surface area (Å²) in [6.07, 6.45) is 3.96. The summed E-state index contributed by atoms with van der Waals surface area (Å²) >= 11 is 0. The van der Waals surface area contributed by atoms with Gasteiger partial charge >= 0.3 is 24.3 Å². The van der Waals surface area contributed by atoms with Crippen molar-refractivity contribution < 1.29 is 45.4 Å². The molecule has 0 aliphatic heterocycles. The van der Waals surface area contributed by atoms with Crippen molar-refractivity contribution in [3.63, 3.8) is 0 Å². The zero-order chi connectivity index (χ0) is 34.8. The van der Waals surface area contributed by atoms with Gasteiger partial charge in [-0.15, -0.1) is 0 Å². The van der Waals surface area contributed by atoms with E-state index in [4.69, 9.17) is 9.47 Å². The van der Waals surface area contributed by atoms with Crippen LogP contribution in [0.3, 0.4) is 0 Å². The number of carbonyl (C=O) groups is 2. The van der Waals surface area contributed by atoms with Crippen molar-refractivity contribution >= 4 is 11.9 Å².